The Kier molecular flexibility index (Phi) is 3.63. The highest BCUT2D eigenvalue weighted by Gasteiger charge is 2.22. The van der Waals surface area contributed by atoms with E-state index in [0.29, 0.717) is 11.3 Å². The van der Waals surface area contributed by atoms with Gasteiger partial charge in [-0.15, -0.1) is 0 Å². The molecule has 3 N–H and O–H groups in total. The molecule has 1 aromatic heterocycles. The minimum Gasteiger partial charge on any atom is -0.399 e. The van der Waals surface area contributed by atoms with Crippen molar-refractivity contribution in [3.8, 4) is 0 Å². The fourth-order valence-electron chi connectivity index (χ4n) is 1.73. The number of pyridine rings is 1. The summed E-state index contributed by atoms with van der Waals surface area (Å²) in [6, 6.07) is 4.12. The summed E-state index contributed by atoms with van der Waals surface area (Å²) in [4.78, 5) is 3.36. The highest BCUT2D eigenvalue weighted by Crippen LogP contribution is 2.24. The Morgan fingerprint density at radius 2 is 1.95 bits per heavy atom. The molecule has 2 aromatic rings. The van der Waals surface area contributed by atoms with Crippen molar-refractivity contribution in [2.24, 2.45) is 0 Å². The molecule has 0 aliphatic heterocycles. The number of hydrogen-bond donors (Lipinski definition) is 2. The van der Waals surface area contributed by atoms with E-state index in [-0.39, 0.29) is 11.3 Å². The maximum absolute atomic E-state index is 14.0. The number of hydrogen-bond acceptors (Lipinski definition) is 4. The third kappa shape index (κ3) is 2.72. The third-order valence-corrected chi connectivity index (χ3v) is 4.18. The number of sulfonamides is 1. The van der Waals surface area contributed by atoms with Crippen molar-refractivity contribution in [2.45, 2.75) is 18.7 Å². The summed E-state index contributed by atoms with van der Waals surface area (Å²) >= 11 is 0. The molecule has 0 aliphatic carbocycles. The summed E-state index contributed by atoms with van der Waals surface area (Å²) in [6.07, 6.45) is 2.91. The van der Waals surface area contributed by atoms with Crippen LogP contribution in [0.15, 0.2) is 35.5 Å². The van der Waals surface area contributed by atoms with Crippen LogP contribution < -0.4 is 10.5 Å². The summed E-state index contributed by atoms with van der Waals surface area (Å²) in [7, 11) is -4.06. The Hall–Kier alpha value is -2.15. The number of rotatable bonds is 3. The van der Waals surface area contributed by atoms with Gasteiger partial charge in [-0.1, -0.05) is 0 Å². The SMILES string of the molecule is Cc1ccncc1NS(=O)(=O)c1cc(N)cc(C)c1F. The molecule has 0 amide bonds. The standard InChI is InChI=1S/C13H14FN3O2S/c1-8-3-4-16-7-11(8)17-20(18,19)12-6-10(15)5-9(2)13(12)14/h3-7,17H,15H2,1-2H3. The van der Waals surface area contributed by atoms with Gasteiger partial charge >= 0.3 is 0 Å². The molecule has 1 aromatic carbocycles. The quantitative estimate of drug-likeness (QED) is 0.850. The Morgan fingerprint density at radius 1 is 1.25 bits per heavy atom. The van der Waals surface area contributed by atoms with Crippen LogP contribution in [0, 0.1) is 19.7 Å². The van der Waals surface area contributed by atoms with Gasteiger partial charge in [-0.05, 0) is 43.2 Å². The summed E-state index contributed by atoms with van der Waals surface area (Å²) in [5.74, 6) is -0.812. The minimum atomic E-state index is -4.06. The van der Waals surface area contributed by atoms with Gasteiger partial charge in [-0.25, -0.2) is 12.8 Å². The molecular weight excluding hydrogens is 281 g/mol. The number of nitrogens with zero attached hydrogens (tertiary/aromatic N) is 1. The molecule has 106 valence electrons. The topological polar surface area (TPSA) is 85.1 Å². The van der Waals surface area contributed by atoms with Crippen LogP contribution >= 0.6 is 0 Å². The van der Waals surface area contributed by atoms with Gasteiger partial charge in [0.1, 0.15) is 10.7 Å². The number of anilines is 2. The molecule has 0 fully saturated rings. The molecule has 1 heterocycles. The van der Waals surface area contributed by atoms with Crippen molar-refractivity contribution in [3.63, 3.8) is 0 Å². The van der Waals surface area contributed by atoms with E-state index in [1.807, 2.05) is 0 Å². The number of nitrogen functional groups attached to an aromatic ring is 1. The molecule has 0 unspecified atom stereocenters. The lowest BCUT2D eigenvalue weighted by molar-refractivity contribution is 0.565. The molecule has 2 rings (SSSR count). The van der Waals surface area contributed by atoms with Gasteiger partial charge in [0, 0.05) is 11.9 Å². The van der Waals surface area contributed by atoms with Crippen molar-refractivity contribution >= 4 is 21.4 Å². The average molecular weight is 295 g/mol. The van der Waals surface area contributed by atoms with Crippen LogP contribution in [-0.2, 0) is 10.0 Å². The van der Waals surface area contributed by atoms with E-state index in [0.717, 1.165) is 6.07 Å². The Morgan fingerprint density at radius 3 is 2.60 bits per heavy atom. The van der Waals surface area contributed by atoms with Gasteiger partial charge in [0.15, 0.2) is 0 Å². The van der Waals surface area contributed by atoms with Gasteiger partial charge < -0.3 is 5.73 Å². The van der Waals surface area contributed by atoms with Crippen LogP contribution in [0.25, 0.3) is 0 Å². The van der Waals surface area contributed by atoms with E-state index in [1.165, 1.54) is 19.2 Å². The lowest BCUT2D eigenvalue weighted by Crippen LogP contribution is -2.16. The van der Waals surface area contributed by atoms with E-state index >= 15 is 0 Å². The minimum absolute atomic E-state index is 0.174. The Balaban J connectivity index is 2.49. The number of halogens is 1. The average Bonchev–Trinajstić information content (AvgIpc) is 2.36. The van der Waals surface area contributed by atoms with E-state index in [4.69, 9.17) is 5.73 Å². The molecule has 7 heteroatoms. The summed E-state index contributed by atoms with van der Waals surface area (Å²) in [6.45, 7) is 3.18. The van der Waals surface area contributed by atoms with Gasteiger partial charge in [0.05, 0.1) is 11.9 Å². The Bertz CT molecular complexity index is 760. The number of nitrogens with one attached hydrogen (secondary N) is 1. The van der Waals surface area contributed by atoms with Crippen molar-refractivity contribution in [1.29, 1.82) is 0 Å². The van der Waals surface area contributed by atoms with Gasteiger partial charge in [0.2, 0.25) is 0 Å². The molecule has 0 radical (unpaired) electrons. The fraction of sp³-hybridized carbons (Fsp3) is 0.154. The van der Waals surface area contributed by atoms with Crippen LogP contribution in [0.4, 0.5) is 15.8 Å². The zero-order valence-electron chi connectivity index (χ0n) is 11.0. The van der Waals surface area contributed by atoms with Gasteiger partial charge in [0.25, 0.3) is 10.0 Å². The van der Waals surface area contributed by atoms with Crippen LogP contribution in [0.3, 0.4) is 0 Å². The number of nitrogens with two attached hydrogens (primary N) is 1. The first kappa shape index (κ1) is 14.3. The van der Waals surface area contributed by atoms with Gasteiger partial charge in [-0.3, -0.25) is 9.71 Å². The third-order valence-electron chi connectivity index (χ3n) is 2.82. The molecule has 0 saturated carbocycles. The second-order valence-electron chi connectivity index (χ2n) is 4.45. The number of aryl methyl sites for hydroxylation is 2. The predicted octanol–water partition coefficient (Wildman–Crippen LogP) is 2.22. The second kappa shape index (κ2) is 5.09. The maximum atomic E-state index is 14.0. The molecule has 0 atom stereocenters. The summed E-state index contributed by atoms with van der Waals surface area (Å²) < 4.78 is 40.8. The first-order valence-corrected chi connectivity index (χ1v) is 7.28. The second-order valence-corrected chi connectivity index (χ2v) is 6.10. The van der Waals surface area contributed by atoms with E-state index in [1.54, 1.807) is 19.2 Å². The zero-order chi connectivity index (χ0) is 14.9. The molecule has 0 aliphatic rings. The maximum Gasteiger partial charge on any atom is 0.264 e. The van der Waals surface area contributed by atoms with Crippen LogP contribution in [0.5, 0.6) is 0 Å². The lowest BCUT2D eigenvalue weighted by Gasteiger charge is -2.12. The monoisotopic (exact) mass is 295 g/mol. The largest absolute Gasteiger partial charge is 0.399 e. The highest BCUT2D eigenvalue weighted by molar-refractivity contribution is 7.92. The van der Waals surface area contributed by atoms with Gasteiger partial charge in [-0.2, -0.15) is 0 Å². The molecule has 0 saturated heterocycles. The van der Waals surface area contributed by atoms with Crippen molar-refractivity contribution in [2.75, 3.05) is 10.5 Å². The molecular formula is C13H14FN3O2S. The summed E-state index contributed by atoms with van der Waals surface area (Å²) in [5.41, 5.74) is 6.92. The Labute approximate surface area is 116 Å². The number of aromatic nitrogens is 1. The van der Waals surface area contributed by atoms with E-state index in [2.05, 4.69) is 9.71 Å². The smallest absolute Gasteiger partial charge is 0.264 e. The molecule has 5 nitrogen and oxygen atoms in total. The molecule has 0 spiro atoms. The molecule has 0 bridgehead atoms. The zero-order valence-corrected chi connectivity index (χ0v) is 11.8. The van der Waals surface area contributed by atoms with Crippen molar-refractivity contribution in [3.05, 3.63) is 47.5 Å². The summed E-state index contributed by atoms with van der Waals surface area (Å²) in [5, 5.41) is 0. The predicted molar refractivity (Wildman–Crippen MR) is 75.3 cm³/mol. The lowest BCUT2D eigenvalue weighted by atomic mass is 10.2. The first-order valence-electron chi connectivity index (χ1n) is 5.80. The first-order chi connectivity index (χ1) is 9.31. The van der Waals surface area contributed by atoms with Crippen LogP contribution in [0.2, 0.25) is 0 Å². The van der Waals surface area contributed by atoms with E-state index in [9.17, 15) is 12.8 Å². The van der Waals surface area contributed by atoms with Crippen molar-refractivity contribution in [1.82, 2.24) is 4.98 Å². The normalized spacial score (nSPS) is 11.3. The van der Waals surface area contributed by atoms with Crippen molar-refractivity contribution < 1.29 is 12.8 Å². The number of benzene rings is 1. The van der Waals surface area contributed by atoms with E-state index < -0.39 is 20.7 Å². The highest BCUT2D eigenvalue weighted by atomic mass is 32.2. The van der Waals surface area contributed by atoms with Crippen LogP contribution in [0.1, 0.15) is 11.1 Å². The van der Waals surface area contributed by atoms with Crippen LogP contribution in [-0.4, -0.2) is 13.4 Å². The molecule has 20 heavy (non-hydrogen) atoms. The fourth-order valence-corrected chi connectivity index (χ4v) is 3.03.